The quantitative estimate of drug-likeness (QED) is 0.710. The van der Waals surface area contributed by atoms with Crippen LogP contribution in [0, 0.1) is 5.41 Å². The third-order valence-corrected chi connectivity index (χ3v) is 2.84. The van der Waals surface area contributed by atoms with Gasteiger partial charge in [0.2, 0.25) is 0 Å². The molecule has 2 aliphatic heterocycles. The van der Waals surface area contributed by atoms with Crippen molar-refractivity contribution < 1.29 is 14.3 Å². The van der Waals surface area contributed by atoms with Gasteiger partial charge < -0.3 is 10.1 Å². The molecule has 0 bridgehead atoms. The topological polar surface area (TPSA) is 58.6 Å². The third-order valence-electron chi connectivity index (χ3n) is 2.84. The van der Waals surface area contributed by atoms with E-state index in [1.807, 2.05) is 32.9 Å². The van der Waals surface area contributed by atoms with Crippen LogP contribution in [0.2, 0.25) is 0 Å². The maximum Gasteiger partial charge on any atom is 0.354 e. The van der Waals surface area contributed by atoms with Crippen LogP contribution in [-0.2, 0) is 14.3 Å². The van der Waals surface area contributed by atoms with Gasteiger partial charge in [0.25, 0.3) is 5.91 Å². The van der Waals surface area contributed by atoms with Gasteiger partial charge in [-0.2, -0.15) is 0 Å². The predicted molar refractivity (Wildman–Crippen MR) is 65.7 cm³/mol. The smallest absolute Gasteiger partial charge is 0.354 e. The largest absolute Gasteiger partial charge is 0.464 e. The van der Waals surface area contributed by atoms with Crippen LogP contribution in [0.15, 0.2) is 35.4 Å². The number of esters is 1. The molecule has 0 aliphatic carbocycles. The molecule has 0 fully saturated rings. The first-order valence-electron chi connectivity index (χ1n) is 5.67. The average Bonchev–Trinajstić information content (AvgIpc) is 2.24. The third kappa shape index (κ3) is 2.03. The fourth-order valence-corrected chi connectivity index (χ4v) is 2.22. The number of carbonyl (C=O) groups excluding carboxylic acids is 2. The molecule has 1 N–H and O–H groups in total. The number of fused-ring (bicyclic) bond motifs is 1. The average molecular weight is 248 g/mol. The number of ether oxygens (including phenoxy) is 1. The lowest BCUT2D eigenvalue weighted by Gasteiger charge is -2.36. The van der Waals surface area contributed by atoms with E-state index in [1.165, 1.54) is 18.1 Å². The molecular weight excluding hydrogens is 232 g/mol. The molecule has 96 valence electrons. The summed E-state index contributed by atoms with van der Waals surface area (Å²) in [4.78, 5) is 25.0. The molecule has 2 rings (SSSR count). The van der Waals surface area contributed by atoms with Gasteiger partial charge in [0, 0.05) is 17.2 Å². The van der Waals surface area contributed by atoms with Gasteiger partial charge in [-0.15, -0.1) is 0 Å². The van der Waals surface area contributed by atoms with E-state index in [-0.39, 0.29) is 17.0 Å². The van der Waals surface area contributed by atoms with Gasteiger partial charge in [-0.25, -0.2) is 4.79 Å². The molecule has 5 nitrogen and oxygen atoms in total. The molecule has 2 aliphatic rings. The normalized spacial score (nSPS) is 21.2. The summed E-state index contributed by atoms with van der Waals surface area (Å²) >= 11 is 0. The summed E-state index contributed by atoms with van der Waals surface area (Å²) in [6.07, 6.45) is 5.17. The minimum atomic E-state index is -0.547. The van der Waals surface area contributed by atoms with Crippen LogP contribution >= 0.6 is 0 Å². The van der Waals surface area contributed by atoms with Crippen molar-refractivity contribution in [2.24, 2.45) is 5.41 Å². The summed E-state index contributed by atoms with van der Waals surface area (Å²) < 4.78 is 4.61. The van der Waals surface area contributed by atoms with Gasteiger partial charge in [0.1, 0.15) is 11.5 Å². The van der Waals surface area contributed by atoms with E-state index in [4.69, 9.17) is 0 Å². The molecule has 18 heavy (non-hydrogen) atoms. The van der Waals surface area contributed by atoms with Crippen molar-refractivity contribution in [1.29, 1.82) is 0 Å². The van der Waals surface area contributed by atoms with Gasteiger partial charge in [-0.05, 0) is 13.0 Å². The number of methoxy groups -OCH3 is 1. The summed E-state index contributed by atoms with van der Waals surface area (Å²) in [6.45, 7) is 5.93. The number of nitrogens with zero attached hydrogens (tertiary/aromatic N) is 1. The fourth-order valence-electron chi connectivity index (χ4n) is 2.22. The Bertz CT molecular complexity index is 512. The van der Waals surface area contributed by atoms with Gasteiger partial charge >= 0.3 is 5.97 Å². The first kappa shape index (κ1) is 12.4. The molecular formula is C13H16N2O3. The second-order valence-corrected chi connectivity index (χ2v) is 4.98. The van der Waals surface area contributed by atoms with Crippen LogP contribution in [0.1, 0.15) is 20.8 Å². The van der Waals surface area contributed by atoms with E-state index in [0.29, 0.717) is 5.82 Å². The number of allylic oxidation sites excluding steroid dienone is 3. The standard InChI is InChI=1S/C13H16N2O3/c1-8-6-13(2,3)7-10-14-9(12(17)18-4)5-11(16)15(8)10/h5-7,14H,1-4H3. The second-order valence-electron chi connectivity index (χ2n) is 4.98. The molecule has 1 amide bonds. The Balaban J connectivity index is 2.42. The summed E-state index contributed by atoms with van der Waals surface area (Å²) in [7, 11) is 1.28. The maximum atomic E-state index is 12.0. The van der Waals surface area contributed by atoms with E-state index in [1.54, 1.807) is 0 Å². The highest BCUT2D eigenvalue weighted by Gasteiger charge is 2.32. The summed E-state index contributed by atoms with van der Waals surface area (Å²) in [5.74, 6) is -0.188. The first-order chi connectivity index (χ1) is 8.34. The summed E-state index contributed by atoms with van der Waals surface area (Å²) in [6, 6.07) is 0. The van der Waals surface area contributed by atoms with Crippen molar-refractivity contribution in [2.75, 3.05) is 7.11 Å². The van der Waals surface area contributed by atoms with E-state index < -0.39 is 5.97 Å². The highest BCUT2D eigenvalue weighted by atomic mass is 16.5. The number of rotatable bonds is 1. The number of amides is 1. The van der Waals surface area contributed by atoms with Crippen molar-refractivity contribution in [2.45, 2.75) is 20.8 Å². The van der Waals surface area contributed by atoms with Crippen molar-refractivity contribution in [3.05, 3.63) is 35.4 Å². The minimum absolute atomic E-state index is 0.163. The van der Waals surface area contributed by atoms with Crippen LogP contribution < -0.4 is 5.32 Å². The zero-order valence-electron chi connectivity index (χ0n) is 10.9. The zero-order valence-corrected chi connectivity index (χ0v) is 10.9. The van der Waals surface area contributed by atoms with Gasteiger partial charge in [-0.1, -0.05) is 19.9 Å². The Labute approximate surface area is 106 Å². The molecule has 0 saturated carbocycles. The number of hydrogen-bond donors (Lipinski definition) is 1. The molecule has 0 spiro atoms. The highest BCUT2D eigenvalue weighted by molar-refractivity contribution is 6.01. The van der Waals surface area contributed by atoms with Crippen molar-refractivity contribution in [1.82, 2.24) is 10.2 Å². The minimum Gasteiger partial charge on any atom is -0.464 e. The molecule has 2 heterocycles. The fraction of sp³-hybridized carbons (Fsp3) is 0.385. The lowest BCUT2D eigenvalue weighted by molar-refractivity contribution is -0.137. The van der Waals surface area contributed by atoms with E-state index in [2.05, 4.69) is 10.1 Å². The Morgan fingerprint density at radius 2 is 2.06 bits per heavy atom. The molecule has 0 radical (unpaired) electrons. The Kier molecular flexibility index (Phi) is 2.77. The van der Waals surface area contributed by atoms with Crippen LogP contribution in [0.4, 0.5) is 0 Å². The van der Waals surface area contributed by atoms with Gasteiger partial charge in [-0.3, -0.25) is 9.69 Å². The summed E-state index contributed by atoms with van der Waals surface area (Å²) in [5, 5.41) is 2.93. The molecule has 0 saturated heterocycles. The molecule has 0 aromatic rings. The summed E-state index contributed by atoms with van der Waals surface area (Å²) in [5.41, 5.74) is 0.840. The highest BCUT2D eigenvalue weighted by Crippen LogP contribution is 2.32. The van der Waals surface area contributed by atoms with Crippen LogP contribution in [-0.4, -0.2) is 23.9 Å². The monoisotopic (exact) mass is 248 g/mol. The maximum absolute atomic E-state index is 12.0. The Morgan fingerprint density at radius 3 is 2.67 bits per heavy atom. The first-order valence-corrected chi connectivity index (χ1v) is 5.67. The van der Waals surface area contributed by atoms with Crippen LogP contribution in [0.5, 0.6) is 0 Å². The number of nitrogens with one attached hydrogen (secondary N) is 1. The van der Waals surface area contributed by atoms with Crippen LogP contribution in [0.25, 0.3) is 0 Å². The number of carbonyl (C=O) groups is 2. The van der Waals surface area contributed by atoms with Crippen LogP contribution in [0.3, 0.4) is 0 Å². The molecule has 0 aromatic heterocycles. The van der Waals surface area contributed by atoms with E-state index >= 15 is 0 Å². The second kappa shape index (κ2) is 4.01. The SMILES string of the molecule is COC(=O)C1=CC(=O)N2C(C)=CC(C)(C)C=C2N1. The predicted octanol–water partition coefficient (Wildman–Crippen LogP) is 1.26. The molecule has 0 aromatic carbocycles. The van der Waals surface area contributed by atoms with Gasteiger partial charge in [0.15, 0.2) is 0 Å². The molecule has 5 heteroatoms. The van der Waals surface area contributed by atoms with Crippen molar-refractivity contribution in [3.63, 3.8) is 0 Å². The van der Waals surface area contributed by atoms with E-state index in [0.717, 1.165) is 5.70 Å². The Hall–Kier alpha value is -2.04. The lowest BCUT2D eigenvalue weighted by atomic mass is 9.89. The van der Waals surface area contributed by atoms with E-state index in [9.17, 15) is 9.59 Å². The molecule has 0 atom stereocenters. The van der Waals surface area contributed by atoms with Crippen molar-refractivity contribution in [3.8, 4) is 0 Å². The Morgan fingerprint density at radius 1 is 1.39 bits per heavy atom. The zero-order chi connectivity index (χ0) is 13.5. The number of hydrogen-bond acceptors (Lipinski definition) is 4. The van der Waals surface area contributed by atoms with Gasteiger partial charge in [0.05, 0.1) is 7.11 Å². The van der Waals surface area contributed by atoms with Crippen molar-refractivity contribution >= 4 is 11.9 Å². The lowest BCUT2D eigenvalue weighted by Crippen LogP contribution is -2.43. The molecule has 0 unspecified atom stereocenters.